The van der Waals surface area contributed by atoms with Crippen molar-refractivity contribution in [3.05, 3.63) is 29.3 Å². The Morgan fingerprint density at radius 3 is 2.94 bits per heavy atom. The lowest BCUT2D eigenvalue weighted by Crippen LogP contribution is -2.11. The first-order valence-electron chi connectivity index (χ1n) is 5.53. The maximum Gasteiger partial charge on any atom is 0.149 e. The second-order valence-corrected chi connectivity index (χ2v) is 7.09. The summed E-state index contributed by atoms with van der Waals surface area (Å²) in [4.78, 5) is 0. The molecule has 0 saturated carbocycles. The molecule has 1 atom stereocenters. The van der Waals surface area contributed by atoms with Crippen molar-refractivity contribution in [3.8, 4) is 5.75 Å². The third kappa shape index (κ3) is 3.36. The first kappa shape index (κ1) is 12.7. The zero-order valence-electron chi connectivity index (χ0n) is 9.65. The number of alkyl halides is 1. The smallest absolute Gasteiger partial charge is 0.149 e. The molecule has 1 aromatic rings. The van der Waals surface area contributed by atoms with Crippen molar-refractivity contribution in [2.45, 2.75) is 18.2 Å². The number of fused-ring (bicyclic) bond motifs is 1. The summed E-state index contributed by atoms with van der Waals surface area (Å²) >= 11 is 6.11. The van der Waals surface area contributed by atoms with Gasteiger partial charge >= 0.3 is 0 Å². The molecule has 0 spiro atoms. The maximum absolute atomic E-state index is 11.2. The zero-order chi connectivity index (χ0) is 12.5. The maximum atomic E-state index is 11.2. The van der Waals surface area contributed by atoms with Gasteiger partial charge < -0.3 is 4.74 Å². The Morgan fingerprint density at radius 2 is 2.24 bits per heavy atom. The van der Waals surface area contributed by atoms with Crippen LogP contribution in [0.15, 0.2) is 18.2 Å². The molecule has 0 radical (unpaired) electrons. The molecule has 1 aromatic carbocycles. The van der Waals surface area contributed by atoms with E-state index in [2.05, 4.69) is 0 Å². The van der Waals surface area contributed by atoms with Crippen molar-refractivity contribution >= 4 is 21.4 Å². The van der Waals surface area contributed by atoms with E-state index in [1.807, 2.05) is 18.2 Å². The second-order valence-electron chi connectivity index (χ2n) is 4.38. The molecule has 0 bridgehead atoms. The molecule has 0 saturated heterocycles. The minimum Gasteiger partial charge on any atom is -0.493 e. The molecule has 0 amide bonds. The van der Waals surface area contributed by atoms with E-state index in [9.17, 15) is 8.42 Å². The monoisotopic (exact) mass is 274 g/mol. The number of hydrogen-bond acceptors (Lipinski definition) is 3. The molecule has 1 aliphatic heterocycles. The second kappa shape index (κ2) is 4.86. The van der Waals surface area contributed by atoms with Gasteiger partial charge in [-0.15, -0.1) is 11.6 Å². The Kier molecular flexibility index (Phi) is 3.64. The molecule has 5 heteroatoms. The topological polar surface area (TPSA) is 43.4 Å². The number of rotatable bonds is 3. The van der Waals surface area contributed by atoms with Crippen LogP contribution in [0.5, 0.6) is 5.75 Å². The summed E-state index contributed by atoms with van der Waals surface area (Å²) in [6.07, 6.45) is 3.16. The zero-order valence-corrected chi connectivity index (χ0v) is 11.2. The van der Waals surface area contributed by atoms with Crippen molar-refractivity contribution in [3.63, 3.8) is 0 Å². The van der Waals surface area contributed by atoms with Crippen molar-refractivity contribution in [2.75, 3.05) is 18.6 Å². The molecule has 2 rings (SSSR count). The first-order valence-corrected chi connectivity index (χ1v) is 8.03. The first-order chi connectivity index (χ1) is 7.96. The van der Waals surface area contributed by atoms with E-state index >= 15 is 0 Å². The van der Waals surface area contributed by atoms with Crippen LogP contribution >= 0.6 is 11.6 Å². The van der Waals surface area contributed by atoms with Crippen LogP contribution < -0.4 is 4.74 Å². The molecule has 1 unspecified atom stereocenters. The van der Waals surface area contributed by atoms with Crippen LogP contribution in [0.4, 0.5) is 0 Å². The summed E-state index contributed by atoms with van der Waals surface area (Å²) in [6.45, 7) is 0.750. The Bertz CT molecular complexity index is 510. The highest BCUT2D eigenvalue weighted by Crippen LogP contribution is 2.30. The van der Waals surface area contributed by atoms with Gasteiger partial charge in [0.2, 0.25) is 0 Å². The van der Waals surface area contributed by atoms with E-state index in [1.54, 1.807) is 0 Å². The summed E-state index contributed by atoms with van der Waals surface area (Å²) in [6, 6.07) is 5.67. The number of benzene rings is 1. The number of hydrogen-bond donors (Lipinski definition) is 0. The van der Waals surface area contributed by atoms with E-state index in [-0.39, 0.29) is 5.75 Å². The Hall–Kier alpha value is -0.740. The average Bonchev–Trinajstić information content (AvgIpc) is 2.26. The third-order valence-corrected chi connectivity index (χ3v) is 4.27. The number of ether oxygens (including phenoxy) is 1. The molecular formula is C12H15ClO3S. The highest BCUT2D eigenvalue weighted by molar-refractivity contribution is 7.90. The van der Waals surface area contributed by atoms with Gasteiger partial charge in [-0.2, -0.15) is 0 Å². The summed E-state index contributed by atoms with van der Waals surface area (Å²) in [5.74, 6) is 0.858. The van der Waals surface area contributed by atoms with Crippen LogP contribution in [-0.2, 0) is 16.3 Å². The predicted octanol–water partition coefficient (Wildman–Crippen LogP) is 2.34. The van der Waals surface area contributed by atoms with Gasteiger partial charge in [-0.25, -0.2) is 8.42 Å². The summed E-state index contributed by atoms with van der Waals surface area (Å²) in [5.41, 5.74) is 1.97. The third-order valence-electron chi connectivity index (χ3n) is 2.74. The standard InChI is InChI=1S/C12H15ClO3S/c1-17(14,15)8-11(13)9-4-5-12-10(7-9)3-2-6-16-12/h4-5,7,11H,2-3,6,8H2,1H3. The van der Waals surface area contributed by atoms with Gasteiger partial charge in [0.15, 0.2) is 0 Å². The molecule has 3 nitrogen and oxygen atoms in total. The van der Waals surface area contributed by atoms with Crippen molar-refractivity contribution < 1.29 is 13.2 Å². The van der Waals surface area contributed by atoms with Gasteiger partial charge in [-0.3, -0.25) is 0 Å². The lowest BCUT2D eigenvalue weighted by molar-refractivity contribution is 0.288. The van der Waals surface area contributed by atoms with E-state index in [4.69, 9.17) is 16.3 Å². The van der Waals surface area contributed by atoms with Crippen LogP contribution in [-0.4, -0.2) is 27.0 Å². The van der Waals surface area contributed by atoms with Gasteiger partial charge in [0, 0.05) is 6.26 Å². The van der Waals surface area contributed by atoms with Crippen molar-refractivity contribution in [2.24, 2.45) is 0 Å². The minimum absolute atomic E-state index is 0.0335. The summed E-state index contributed by atoms with van der Waals surface area (Å²) < 4.78 is 27.9. The lowest BCUT2D eigenvalue weighted by Gasteiger charge is -2.19. The largest absolute Gasteiger partial charge is 0.493 e. The minimum atomic E-state index is -3.06. The Labute approximate surface area is 107 Å². The van der Waals surface area contributed by atoms with Crippen LogP contribution in [0.2, 0.25) is 0 Å². The summed E-state index contributed by atoms with van der Waals surface area (Å²) in [7, 11) is -3.06. The van der Waals surface area contributed by atoms with Crippen LogP contribution in [0.25, 0.3) is 0 Å². The van der Waals surface area contributed by atoms with Crippen LogP contribution in [0.3, 0.4) is 0 Å². The van der Waals surface area contributed by atoms with Crippen molar-refractivity contribution in [1.29, 1.82) is 0 Å². The van der Waals surface area contributed by atoms with Crippen LogP contribution in [0.1, 0.15) is 22.9 Å². The lowest BCUT2D eigenvalue weighted by atomic mass is 10.0. The van der Waals surface area contributed by atoms with Crippen molar-refractivity contribution in [1.82, 2.24) is 0 Å². The van der Waals surface area contributed by atoms with Gasteiger partial charge in [-0.05, 0) is 30.0 Å². The molecule has 94 valence electrons. The van der Waals surface area contributed by atoms with E-state index in [0.29, 0.717) is 0 Å². The van der Waals surface area contributed by atoms with E-state index < -0.39 is 15.2 Å². The molecule has 0 aliphatic carbocycles. The highest BCUT2D eigenvalue weighted by atomic mass is 35.5. The van der Waals surface area contributed by atoms with Gasteiger partial charge in [-0.1, -0.05) is 12.1 Å². The van der Waals surface area contributed by atoms with Gasteiger partial charge in [0.05, 0.1) is 17.7 Å². The van der Waals surface area contributed by atoms with Crippen LogP contribution in [0, 0.1) is 0 Å². The molecule has 0 N–H and O–H groups in total. The Morgan fingerprint density at radius 1 is 1.47 bits per heavy atom. The molecule has 0 aromatic heterocycles. The number of sulfone groups is 1. The van der Waals surface area contributed by atoms with E-state index in [0.717, 1.165) is 36.3 Å². The number of halogens is 1. The Balaban J connectivity index is 2.22. The fourth-order valence-corrected chi connectivity index (χ4v) is 3.48. The highest BCUT2D eigenvalue weighted by Gasteiger charge is 2.17. The van der Waals surface area contributed by atoms with Gasteiger partial charge in [0.25, 0.3) is 0 Å². The molecule has 1 heterocycles. The van der Waals surface area contributed by atoms with Gasteiger partial charge in [0.1, 0.15) is 15.6 Å². The SMILES string of the molecule is CS(=O)(=O)CC(Cl)c1ccc2c(c1)CCCO2. The fourth-order valence-electron chi connectivity index (χ4n) is 1.94. The average molecular weight is 275 g/mol. The van der Waals surface area contributed by atoms with E-state index in [1.165, 1.54) is 6.26 Å². The quantitative estimate of drug-likeness (QED) is 0.795. The molecule has 0 fully saturated rings. The number of aryl methyl sites for hydroxylation is 1. The fraction of sp³-hybridized carbons (Fsp3) is 0.500. The molecular weight excluding hydrogens is 260 g/mol. The predicted molar refractivity (Wildman–Crippen MR) is 68.6 cm³/mol. The molecule has 1 aliphatic rings. The normalized spacial score (nSPS) is 17.1. The summed E-state index contributed by atoms with van der Waals surface area (Å²) in [5, 5.41) is -0.489. The molecule has 17 heavy (non-hydrogen) atoms.